The normalized spacial score (nSPS) is 14.0. The molecule has 128 valence electrons. The summed E-state index contributed by atoms with van der Waals surface area (Å²) < 4.78 is 39.5. The fraction of sp³-hybridized carbons (Fsp3) is 0.278. The second-order valence-electron chi connectivity index (χ2n) is 5.57. The summed E-state index contributed by atoms with van der Waals surface area (Å²) in [5, 5.41) is 2.06. The lowest BCUT2D eigenvalue weighted by molar-refractivity contribution is -0.161. The molecule has 2 aromatic carbocycles. The van der Waals surface area contributed by atoms with Crippen molar-refractivity contribution in [3.63, 3.8) is 0 Å². The Kier molecular flexibility index (Phi) is 5.98. The number of alkyl halides is 3. The number of hydrogen-bond donors (Lipinski definition) is 2. The Balaban J connectivity index is 2.00. The number of nitrogens with two attached hydrogens (primary N) is 1. The molecule has 0 aliphatic heterocycles. The molecule has 0 heterocycles. The summed E-state index contributed by atoms with van der Waals surface area (Å²) in [6.07, 6.45) is -5.04. The standard InChI is InChI=1S/C18H19F3N2O/c19-18(20,21)16(11-13-7-3-1-4-8-13)23-17(24)12-15(22)14-9-5-2-6-10-14/h1-10,15-16H,11-12,22H2,(H,23,24). The molecule has 3 N–H and O–H groups in total. The van der Waals surface area contributed by atoms with E-state index in [0.29, 0.717) is 11.1 Å². The molecule has 3 nitrogen and oxygen atoms in total. The topological polar surface area (TPSA) is 55.1 Å². The molecule has 2 unspecified atom stereocenters. The number of carbonyl (C=O) groups excluding carboxylic acids is 1. The molecule has 0 aliphatic rings. The van der Waals surface area contributed by atoms with Crippen LogP contribution in [-0.2, 0) is 11.2 Å². The molecule has 0 aliphatic carbocycles. The van der Waals surface area contributed by atoms with E-state index in [1.165, 1.54) is 0 Å². The first-order valence-electron chi connectivity index (χ1n) is 7.57. The van der Waals surface area contributed by atoms with Crippen molar-refractivity contribution in [1.29, 1.82) is 0 Å². The first-order chi connectivity index (χ1) is 11.4. The third-order valence-corrected chi connectivity index (χ3v) is 3.65. The molecule has 24 heavy (non-hydrogen) atoms. The van der Waals surface area contributed by atoms with Gasteiger partial charge in [-0.05, 0) is 11.1 Å². The lowest BCUT2D eigenvalue weighted by atomic mass is 10.0. The average molecular weight is 336 g/mol. The molecule has 0 aromatic heterocycles. The summed E-state index contributed by atoms with van der Waals surface area (Å²) >= 11 is 0. The smallest absolute Gasteiger partial charge is 0.344 e. The average Bonchev–Trinajstić information content (AvgIpc) is 2.55. The van der Waals surface area contributed by atoms with E-state index in [-0.39, 0.29) is 12.8 Å². The molecular formula is C18H19F3N2O. The predicted octanol–water partition coefficient (Wildman–Crippen LogP) is 3.37. The molecule has 0 fully saturated rings. The quantitative estimate of drug-likeness (QED) is 0.850. The van der Waals surface area contributed by atoms with Crippen molar-refractivity contribution >= 4 is 5.91 Å². The van der Waals surface area contributed by atoms with Crippen molar-refractivity contribution in [2.75, 3.05) is 0 Å². The van der Waals surface area contributed by atoms with Crippen molar-refractivity contribution in [3.8, 4) is 0 Å². The van der Waals surface area contributed by atoms with Crippen LogP contribution in [0.3, 0.4) is 0 Å². The zero-order chi connectivity index (χ0) is 17.6. The zero-order valence-electron chi connectivity index (χ0n) is 13.0. The van der Waals surface area contributed by atoms with Crippen molar-refractivity contribution in [2.24, 2.45) is 5.73 Å². The van der Waals surface area contributed by atoms with E-state index in [4.69, 9.17) is 5.73 Å². The van der Waals surface area contributed by atoms with Gasteiger partial charge in [-0.25, -0.2) is 0 Å². The second kappa shape index (κ2) is 7.97. The van der Waals surface area contributed by atoms with Gasteiger partial charge in [0, 0.05) is 18.9 Å². The molecule has 1 amide bonds. The summed E-state index contributed by atoms with van der Waals surface area (Å²) in [5.41, 5.74) is 7.11. The maximum Gasteiger partial charge on any atom is 0.408 e. The van der Waals surface area contributed by atoms with Crippen LogP contribution < -0.4 is 11.1 Å². The lowest BCUT2D eigenvalue weighted by Crippen LogP contribution is -2.47. The highest BCUT2D eigenvalue weighted by Gasteiger charge is 2.40. The Morgan fingerprint density at radius 1 is 1.00 bits per heavy atom. The minimum Gasteiger partial charge on any atom is -0.344 e. The van der Waals surface area contributed by atoms with Crippen LogP contribution in [0, 0.1) is 0 Å². The Labute approximate surface area is 138 Å². The van der Waals surface area contributed by atoms with Crippen molar-refractivity contribution < 1.29 is 18.0 Å². The summed E-state index contributed by atoms with van der Waals surface area (Å²) in [6.45, 7) is 0. The first-order valence-corrected chi connectivity index (χ1v) is 7.57. The molecule has 0 radical (unpaired) electrons. The Morgan fingerprint density at radius 2 is 1.54 bits per heavy atom. The summed E-state index contributed by atoms with van der Waals surface area (Å²) in [4.78, 5) is 12.0. The van der Waals surface area contributed by atoms with E-state index in [9.17, 15) is 18.0 Å². The highest BCUT2D eigenvalue weighted by Crippen LogP contribution is 2.24. The van der Waals surface area contributed by atoms with Crippen LogP contribution in [0.2, 0.25) is 0 Å². The van der Waals surface area contributed by atoms with Gasteiger partial charge >= 0.3 is 6.18 Å². The molecule has 2 aromatic rings. The maximum absolute atomic E-state index is 13.2. The van der Waals surface area contributed by atoms with Gasteiger partial charge in [0.2, 0.25) is 5.91 Å². The maximum atomic E-state index is 13.2. The summed E-state index contributed by atoms with van der Waals surface area (Å²) in [6, 6.07) is 14.5. The van der Waals surface area contributed by atoms with Crippen LogP contribution in [-0.4, -0.2) is 18.1 Å². The highest BCUT2D eigenvalue weighted by atomic mass is 19.4. The summed E-state index contributed by atoms with van der Waals surface area (Å²) in [5.74, 6) is -0.718. The Morgan fingerprint density at radius 3 is 2.08 bits per heavy atom. The number of benzene rings is 2. The van der Waals surface area contributed by atoms with Crippen LogP contribution in [0.1, 0.15) is 23.6 Å². The van der Waals surface area contributed by atoms with Gasteiger partial charge in [-0.1, -0.05) is 60.7 Å². The number of carbonyl (C=O) groups is 1. The van der Waals surface area contributed by atoms with Gasteiger partial charge in [0.15, 0.2) is 0 Å². The van der Waals surface area contributed by atoms with Gasteiger partial charge in [0.25, 0.3) is 0 Å². The van der Waals surface area contributed by atoms with Crippen molar-refractivity contribution in [1.82, 2.24) is 5.32 Å². The van der Waals surface area contributed by atoms with Crippen molar-refractivity contribution in [2.45, 2.75) is 31.1 Å². The minimum atomic E-state index is -4.53. The van der Waals surface area contributed by atoms with Gasteiger partial charge in [-0.3, -0.25) is 4.79 Å². The first kappa shape index (κ1) is 18.0. The number of rotatable bonds is 6. The number of amides is 1. The van der Waals surface area contributed by atoms with E-state index >= 15 is 0 Å². The summed E-state index contributed by atoms with van der Waals surface area (Å²) in [7, 11) is 0. The van der Waals surface area contributed by atoms with E-state index in [0.717, 1.165) is 0 Å². The van der Waals surface area contributed by atoms with Crippen LogP contribution in [0.5, 0.6) is 0 Å². The minimum absolute atomic E-state index is 0.203. The molecule has 0 bridgehead atoms. The third-order valence-electron chi connectivity index (χ3n) is 3.65. The second-order valence-corrected chi connectivity index (χ2v) is 5.57. The largest absolute Gasteiger partial charge is 0.408 e. The van der Waals surface area contributed by atoms with E-state index in [1.54, 1.807) is 60.7 Å². The van der Waals surface area contributed by atoms with Gasteiger partial charge in [-0.15, -0.1) is 0 Å². The molecule has 0 saturated carbocycles. The molecule has 2 rings (SSSR count). The van der Waals surface area contributed by atoms with Gasteiger partial charge in [0.05, 0.1) is 0 Å². The fourth-order valence-electron chi connectivity index (χ4n) is 2.37. The molecule has 0 spiro atoms. The highest BCUT2D eigenvalue weighted by molar-refractivity contribution is 5.77. The number of nitrogens with one attached hydrogen (secondary N) is 1. The molecule has 0 saturated heterocycles. The number of hydrogen-bond acceptors (Lipinski definition) is 2. The van der Waals surface area contributed by atoms with Crippen LogP contribution in [0.25, 0.3) is 0 Å². The van der Waals surface area contributed by atoms with Gasteiger partial charge in [0.1, 0.15) is 6.04 Å². The van der Waals surface area contributed by atoms with Gasteiger partial charge in [-0.2, -0.15) is 13.2 Å². The Hall–Kier alpha value is -2.34. The predicted molar refractivity (Wildman–Crippen MR) is 86.1 cm³/mol. The van der Waals surface area contributed by atoms with E-state index in [1.807, 2.05) is 0 Å². The SMILES string of the molecule is NC(CC(=O)NC(Cc1ccccc1)C(F)(F)F)c1ccccc1. The molecule has 2 atom stereocenters. The lowest BCUT2D eigenvalue weighted by Gasteiger charge is -2.22. The monoisotopic (exact) mass is 336 g/mol. The van der Waals surface area contributed by atoms with Crippen LogP contribution in [0.4, 0.5) is 13.2 Å². The third kappa shape index (κ3) is 5.38. The Bertz CT molecular complexity index is 644. The van der Waals surface area contributed by atoms with Gasteiger partial charge < -0.3 is 11.1 Å². The fourth-order valence-corrected chi connectivity index (χ4v) is 2.37. The molecular weight excluding hydrogens is 317 g/mol. The van der Waals surface area contributed by atoms with Crippen LogP contribution in [0.15, 0.2) is 60.7 Å². The number of halogens is 3. The van der Waals surface area contributed by atoms with E-state index < -0.39 is 24.2 Å². The van der Waals surface area contributed by atoms with E-state index in [2.05, 4.69) is 5.32 Å². The van der Waals surface area contributed by atoms with Crippen molar-refractivity contribution in [3.05, 3.63) is 71.8 Å². The molecule has 6 heteroatoms. The van der Waals surface area contributed by atoms with Crippen LogP contribution >= 0.6 is 0 Å². The zero-order valence-corrected chi connectivity index (χ0v) is 13.0.